The molecule has 0 aromatic carbocycles. The second-order valence-corrected chi connectivity index (χ2v) is 8.30. The Balaban J connectivity index is 0.00000280. The molecule has 160 valence electrons. The third-order valence-electron chi connectivity index (χ3n) is 6.37. The molecule has 1 N–H and O–H groups in total. The van der Waals surface area contributed by atoms with Crippen molar-refractivity contribution in [3.63, 3.8) is 0 Å². The fourth-order valence-corrected chi connectivity index (χ4v) is 4.54. The molecular formula is C21H39IN6. The van der Waals surface area contributed by atoms with Crippen LogP contribution >= 0.6 is 24.0 Å². The number of aromatic nitrogens is 2. The highest BCUT2D eigenvalue weighted by Gasteiger charge is 2.29. The molecule has 1 saturated carbocycles. The smallest absolute Gasteiger partial charge is 0.194 e. The summed E-state index contributed by atoms with van der Waals surface area (Å²) < 4.78 is 2.26. The molecule has 3 rings (SSSR count). The third kappa shape index (κ3) is 6.34. The van der Waals surface area contributed by atoms with Gasteiger partial charge in [-0.25, -0.2) is 4.98 Å². The van der Waals surface area contributed by atoms with Crippen LogP contribution in [0.25, 0.3) is 0 Å². The highest BCUT2D eigenvalue weighted by atomic mass is 127. The number of imidazole rings is 1. The minimum absolute atomic E-state index is 0. The van der Waals surface area contributed by atoms with Gasteiger partial charge in [0.15, 0.2) is 5.96 Å². The first-order valence-corrected chi connectivity index (χ1v) is 10.9. The minimum Gasteiger partial charge on any atom is -0.357 e. The average Bonchev–Trinajstić information content (AvgIpc) is 3.23. The van der Waals surface area contributed by atoms with Gasteiger partial charge in [0.25, 0.3) is 0 Å². The summed E-state index contributed by atoms with van der Waals surface area (Å²) >= 11 is 0. The Morgan fingerprint density at radius 2 is 2.04 bits per heavy atom. The van der Waals surface area contributed by atoms with Gasteiger partial charge in [0.05, 0.1) is 18.9 Å². The van der Waals surface area contributed by atoms with Crippen LogP contribution in [0.3, 0.4) is 0 Å². The van der Waals surface area contributed by atoms with E-state index in [1.165, 1.54) is 38.5 Å². The van der Waals surface area contributed by atoms with Gasteiger partial charge in [0, 0.05) is 44.6 Å². The lowest BCUT2D eigenvalue weighted by atomic mass is 9.93. The summed E-state index contributed by atoms with van der Waals surface area (Å²) in [6.45, 7) is 9.43. The van der Waals surface area contributed by atoms with E-state index in [1.54, 1.807) is 0 Å². The summed E-state index contributed by atoms with van der Waals surface area (Å²) in [6, 6.07) is 1.23. The van der Waals surface area contributed by atoms with E-state index in [1.807, 2.05) is 12.5 Å². The zero-order valence-corrected chi connectivity index (χ0v) is 20.2. The van der Waals surface area contributed by atoms with E-state index in [4.69, 9.17) is 4.99 Å². The molecule has 1 aromatic heterocycles. The lowest BCUT2D eigenvalue weighted by molar-refractivity contribution is 0.186. The molecule has 0 amide bonds. The normalized spacial score (nSPS) is 24.3. The van der Waals surface area contributed by atoms with Gasteiger partial charge < -0.3 is 19.7 Å². The first kappa shape index (κ1) is 23.4. The van der Waals surface area contributed by atoms with Crippen LogP contribution in [0.5, 0.6) is 0 Å². The van der Waals surface area contributed by atoms with Crippen LogP contribution in [-0.4, -0.2) is 71.1 Å². The number of likely N-dealkylation sites (tertiary alicyclic amines) is 1. The van der Waals surface area contributed by atoms with Crippen LogP contribution < -0.4 is 5.32 Å². The summed E-state index contributed by atoms with van der Waals surface area (Å²) in [5.74, 6) is 1.74. The van der Waals surface area contributed by atoms with Crippen molar-refractivity contribution in [2.45, 2.75) is 64.5 Å². The summed E-state index contributed by atoms with van der Waals surface area (Å²) in [5.41, 5.74) is 0. The zero-order chi connectivity index (χ0) is 19.1. The Labute approximate surface area is 188 Å². The molecule has 0 bridgehead atoms. The molecule has 0 radical (unpaired) electrons. The van der Waals surface area contributed by atoms with E-state index in [-0.39, 0.29) is 24.0 Å². The molecule has 2 unspecified atom stereocenters. The van der Waals surface area contributed by atoms with E-state index >= 15 is 0 Å². The first-order valence-electron chi connectivity index (χ1n) is 10.9. The average molecular weight is 502 g/mol. The predicted octanol–water partition coefficient (Wildman–Crippen LogP) is 3.61. The Morgan fingerprint density at radius 3 is 2.71 bits per heavy atom. The lowest BCUT2D eigenvalue weighted by Crippen LogP contribution is -2.49. The number of halogens is 1. The fourth-order valence-electron chi connectivity index (χ4n) is 4.54. The summed E-state index contributed by atoms with van der Waals surface area (Å²) in [5, 5.41) is 3.52. The molecule has 2 aliphatic rings. The van der Waals surface area contributed by atoms with Crippen molar-refractivity contribution < 1.29 is 0 Å². The number of nitrogens with zero attached hydrogens (tertiary/aromatic N) is 5. The van der Waals surface area contributed by atoms with Crippen LogP contribution in [0.2, 0.25) is 0 Å². The molecule has 7 heteroatoms. The van der Waals surface area contributed by atoms with Gasteiger partial charge in [0.1, 0.15) is 0 Å². The van der Waals surface area contributed by atoms with Gasteiger partial charge >= 0.3 is 0 Å². The van der Waals surface area contributed by atoms with Gasteiger partial charge in [-0.05, 0) is 39.2 Å². The SMILES string of the molecule is CCNC(=NCCN(C)C1CCCCC1)N1CCC(C)C(n2ccnc2)C1.I. The van der Waals surface area contributed by atoms with Gasteiger partial charge in [0.2, 0.25) is 0 Å². The van der Waals surface area contributed by atoms with Crippen LogP contribution in [-0.2, 0) is 0 Å². The molecule has 6 nitrogen and oxygen atoms in total. The van der Waals surface area contributed by atoms with E-state index < -0.39 is 0 Å². The van der Waals surface area contributed by atoms with Crippen molar-refractivity contribution in [1.29, 1.82) is 0 Å². The maximum atomic E-state index is 4.98. The lowest BCUT2D eigenvalue weighted by Gasteiger charge is -2.39. The quantitative estimate of drug-likeness (QED) is 0.367. The molecule has 0 spiro atoms. The van der Waals surface area contributed by atoms with E-state index in [9.17, 15) is 0 Å². The maximum Gasteiger partial charge on any atom is 0.194 e. The number of hydrogen-bond donors (Lipinski definition) is 1. The topological polar surface area (TPSA) is 48.7 Å². The Kier molecular flexibility index (Phi) is 10.0. The van der Waals surface area contributed by atoms with Crippen LogP contribution in [0.15, 0.2) is 23.7 Å². The van der Waals surface area contributed by atoms with Gasteiger partial charge in [-0.1, -0.05) is 26.2 Å². The van der Waals surface area contributed by atoms with E-state index in [2.05, 4.69) is 51.8 Å². The van der Waals surface area contributed by atoms with Crippen LogP contribution in [0, 0.1) is 5.92 Å². The molecular weight excluding hydrogens is 463 g/mol. The highest BCUT2D eigenvalue weighted by Crippen LogP contribution is 2.27. The van der Waals surface area contributed by atoms with Crippen molar-refractivity contribution in [1.82, 2.24) is 24.7 Å². The van der Waals surface area contributed by atoms with Crippen molar-refractivity contribution >= 4 is 29.9 Å². The highest BCUT2D eigenvalue weighted by molar-refractivity contribution is 14.0. The van der Waals surface area contributed by atoms with Crippen LogP contribution in [0.4, 0.5) is 0 Å². The largest absolute Gasteiger partial charge is 0.357 e. The van der Waals surface area contributed by atoms with Crippen molar-refractivity contribution in [2.24, 2.45) is 10.9 Å². The van der Waals surface area contributed by atoms with Crippen molar-refractivity contribution in [3.05, 3.63) is 18.7 Å². The molecule has 2 fully saturated rings. The zero-order valence-electron chi connectivity index (χ0n) is 17.9. The van der Waals surface area contributed by atoms with Crippen LogP contribution in [0.1, 0.15) is 58.4 Å². The van der Waals surface area contributed by atoms with E-state index in [0.29, 0.717) is 12.0 Å². The summed E-state index contributed by atoms with van der Waals surface area (Å²) in [7, 11) is 2.27. The van der Waals surface area contributed by atoms with Crippen molar-refractivity contribution in [3.8, 4) is 0 Å². The molecule has 1 aliphatic heterocycles. The molecule has 2 heterocycles. The molecule has 1 saturated heterocycles. The van der Waals surface area contributed by atoms with Crippen molar-refractivity contribution in [2.75, 3.05) is 39.8 Å². The Bertz CT molecular complexity index is 569. The monoisotopic (exact) mass is 502 g/mol. The first-order chi connectivity index (χ1) is 13.2. The number of aliphatic imine (C=N–C) groups is 1. The Morgan fingerprint density at radius 1 is 1.25 bits per heavy atom. The summed E-state index contributed by atoms with van der Waals surface area (Å²) in [4.78, 5) is 14.2. The van der Waals surface area contributed by atoms with Gasteiger partial charge in [-0.3, -0.25) is 4.99 Å². The number of hydrogen-bond acceptors (Lipinski definition) is 3. The number of rotatable bonds is 6. The molecule has 2 atom stereocenters. The van der Waals surface area contributed by atoms with E-state index in [0.717, 1.165) is 44.7 Å². The van der Waals surface area contributed by atoms with Gasteiger partial charge in [-0.15, -0.1) is 24.0 Å². The second kappa shape index (κ2) is 12.0. The maximum absolute atomic E-state index is 4.98. The van der Waals surface area contributed by atoms with Gasteiger partial charge in [-0.2, -0.15) is 0 Å². The number of piperidine rings is 1. The predicted molar refractivity (Wildman–Crippen MR) is 128 cm³/mol. The number of nitrogens with one attached hydrogen (secondary N) is 1. The third-order valence-corrected chi connectivity index (χ3v) is 6.37. The second-order valence-electron chi connectivity index (χ2n) is 8.30. The summed E-state index contributed by atoms with van der Waals surface area (Å²) in [6.07, 6.45) is 14.0. The molecule has 1 aliphatic carbocycles. The standard InChI is InChI=1S/C21H38N6.HI/c1-4-23-21(24-12-14-25(3)19-8-6-5-7-9-19)26-13-10-18(2)20(16-26)27-15-11-22-17-27;/h11,15,17-20H,4-10,12-14,16H2,1-3H3,(H,23,24);1H. The Hall–Kier alpha value is -0.830. The minimum atomic E-state index is 0. The fraction of sp³-hybridized carbons (Fsp3) is 0.810. The molecule has 28 heavy (non-hydrogen) atoms. The number of guanidine groups is 1. The number of likely N-dealkylation sites (N-methyl/N-ethyl adjacent to an activating group) is 1. The molecule has 1 aromatic rings.